The van der Waals surface area contributed by atoms with Crippen molar-refractivity contribution < 1.29 is 22.7 Å². The van der Waals surface area contributed by atoms with Crippen molar-refractivity contribution in [2.24, 2.45) is 5.92 Å². The van der Waals surface area contributed by atoms with Crippen LogP contribution in [0.5, 0.6) is 0 Å². The highest BCUT2D eigenvalue weighted by Gasteiger charge is 2.37. The van der Waals surface area contributed by atoms with Crippen LogP contribution in [0.4, 0.5) is 0 Å². The van der Waals surface area contributed by atoms with Crippen LogP contribution in [-0.2, 0) is 30.8 Å². The largest absolute Gasteiger partial charge is 0.468 e. The fraction of sp³-hybridized carbons (Fsp3) is 0.562. The summed E-state index contributed by atoms with van der Waals surface area (Å²) in [6, 6.07) is 8.30. The summed E-state index contributed by atoms with van der Waals surface area (Å²) in [6.45, 7) is 3.78. The molecular weight excluding hydrogens is 318 g/mol. The Kier molecular flexibility index (Phi) is 7.67. The Morgan fingerprint density at radius 1 is 1.17 bits per heavy atom. The minimum Gasteiger partial charge on any atom is -0.468 e. The summed E-state index contributed by atoms with van der Waals surface area (Å²) in [5.74, 6) is -0.961. The number of hydrogen-bond acceptors (Lipinski definition) is 5. The van der Waals surface area contributed by atoms with Crippen LogP contribution >= 0.6 is 0 Å². The lowest BCUT2D eigenvalue weighted by Crippen LogP contribution is -2.49. The minimum atomic E-state index is -3.67. The van der Waals surface area contributed by atoms with E-state index in [-0.39, 0.29) is 24.8 Å². The summed E-state index contributed by atoms with van der Waals surface area (Å²) in [4.78, 5) is 12.1. The first-order chi connectivity index (χ1) is 10.8. The molecule has 7 heteroatoms. The summed E-state index contributed by atoms with van der Waals surface area (Å²) >= 11 is 0. The molecule has 6 nitrogen and oxygen atoms in total. The number of carbonyl (C=O) groups is 1. The number of methoxy groups -OCH3 is 2. The van der Waals surface area contributed by atoms with E-state index in [1.54, 1.807) is 13.8 Å². The maximum atomic E-state index is 12.7. The van der Waals surface area contributed by atoms with Crippen LogP contribution in [0, 0.1) is 5.92 Å². The second-order valence-corrected chi connectivity index (χ2v) is 7.59. The van der Waals surface area contributed by atoms with Crippen molar-refractivity contribution in [2.75, 3.05) is 26.6 Å². The standard InChI is InChI=1S/C16H25NO5S/c1-13(2)15(16(18)22-4)17(23(19,20)11-10-21-3)12-14-8-6-5-7-9-14/h5-9,13,15H,10-12H2,1-4H3/t15-/m0/s1. The maximum Gasteiger partial charge on any atom is 0.324 e. The van der Waals surface area contributed by atoms with E-state index in [1.807, 2.05) is 30.3 Å². The van der Waals surface area contributed by atoms with E-state index in [0.717, 1.165) is 5.56 Å². The molecule has 0 aliphatic heterocycles. The molecule has 0 heterocycles. The van der Waals surface area contributed by atoms with Crippen molar-refractivity contribution in [3.8, 4) is 0 Å². The molecule has 0 aromatic heterocycles. The lowest BCUT2D eigenvalue weighted by atomic mass is 10.0. The van der Waals surface area contributed by atoms with Crippen LogP contribution in [0.15, 0.2) is 30.3 Å². The monoisotopic (exact) mass is 343 g/mol. The Morgan fingerprint density at radius 3 is 2.26 bits per heavy atom. The molecule has 0 saturated carbocycles. The van der Waals surface area contributed by atoms with Crippen LogP contribution < -0.4 is 0 Å². The van der Waals surface area contributed by atoms with Gasteiger partial charge in [0.1, 0.15) is 6.04 Å². The van der Waals surface area contributed by atoms with Crippen molar-refractivity contribution in [1.82, 2.24) is 4.31 Å². The van der Waals surface area contributed by atoms with Gasteiger partial charge in [-0.15, -0.1) is 0 Å². The number of ether oxygens (including phenoxy) is 2. The Bertz CT molecular complexity index is 586. The van der Waals surface area contributed by atoms with Crippen molar-refractivity contribution >= 4 is 16.0 Å². The molecule has 1 aromatic carbocycles. The van der Waals surface area contributed by atoms with Gasteiger partial charge in [0.2, 0.25) is 10.0 Å². The zero-order valence-electron chi connectivity index (χ0n) is 14.1. The number of carbonyl (C=O) groups excluding carboxylic acids is 1. The smallest absolute Gasteiger partial charge is 0.324 e. The summed E-state index contributed by atoms with van der Waals surface area (Å²) in [5, 5.41) is 0. The van der Waals surface area contributed by atoms with Gasteiger partial charge in [-0.25, -0.2) is 8.42 Å². The summed E-state index contributed by atoms with van der Waals surface area (Å²) in [7, 11) is -0.969. The molecule has 0 radical (unpaired) electrons. The van der Waals surface area contributed by atoms with E-state index in [4.69, 9.17) is 9.47 Å². The van der Waals surface area contributed by atoms with Gasteiger partial charge in [0.25, 0.3) is 0 Å². The number of hydrogen-bond donors (Lipinski definition) is 0. The van der Waals surface area contributed by atoms with Gasteiger partial charge in [-0.05, 0) is 11.5 Å². The highest BCUT2D eigenvalue weighted by molar-refractivity contribution is 7.89. The summed E-state index contributed by atoms with van der Waals surface area (Å²) < 4.78 is 36.3. The molecule has 0 amide bonds. The van der Waals surface area contributed by atoms with Gasteiger partial charge in [0, 0.05) is 13.7 Å². The van der Waals surface area contributed by atoms with Crippen molar-refractivity contribution in [3.63, 3.8) is 0 Å². The maximum absolute atomic E-state index is 12.7. The van der Waals surface area contributed by atoms with Crippen LogP contribution in [0.3, 0.4) is 0 Å². The number of nitrogens with zero attached hydrogens (tertiary/aromatic N) is 1. The Balaban J connectivity index is 3.21. The van der Waals surface area contributed by atoms with E-state index in [2.05, 4.69) is 0 Å². The molecule has 1 atom stereocenters. The van der Waals surface area contributed by atoms with E-state index in [1.165, 1.54) is 18.5 Å². The molecule has 0 spiro atoms. The van der Waals surface area contributed by atoms with E-state index >= 15 is 0 Å². The lowest BCUT2D eigenvalue weighted by molar-refractivity contribution is -0.146. The van der Waals surface area contributed by atoms with Crippen LogP contribution in [0.2, 0.25) is 0 Å². The van der Waals surface area contributed by atoms with Gasteiger partial charge < -0.3 is 9.47 Å². The molecule has 0 bridgehead atoms. The predicted octanol–water partition coefficient (Wildman–Crippen LogP) is 1.66. The SMILES string of the molecule is COCCS(=O)(=O)N(Cc1ccccc1)[C@H](C(=O)OC)C(C)C. The zero-order valence-corrected chi connectivity index (χ0v) is 14.9. The molecule has 0 saturated heterocycles. The van der Waals surface area contributed by atoms with E-state index < -0.39 is 22.0 Å². The van der Waals surface area contributed by atoms with Crippen molar-refractivity contribution in [2.45, 2.75) is 26.4 Å². The topological polar surface area (TPSA) is 72.9 Å². The normalized spacial score (nSPS) is 13.3. The number of esters is 1. The van der Waals surface area contributed by atoms with Gasteiger partial charge in [-0.3, -0.25) is 4.79 Å². The quantitative estimate of drug-likeness (QED) is 0.638. The van der Waals surface area contributed by atoms with Gasteiger partial charge in [-0.1, -0.05) is 44.2 Å². The van der Waals surface area contributed by atoms with Crippen molar-refractivity contribution in [1.29, 1.82) is 0 Å². The fourth-order valence-electron chi connectivity index (χ4n) is 2.28. The van der Waals surface area contributed by atoms with Crippen LogP contribution in [0.25, 0.3) is 0 Å². The minimum absolute atomic E-state index is 0.0691. The number of rotatable bonds is 9. The Labute approximate surface area is 138 Å². The van der Waals surface area contributed by atoms with Crippen molar-refractivity contribution in [3.05, 3.63) is 35.9 Å². The Hall–Kier alpha value is -1.44. The zero-order chi connectivity index (χ0) is 17.5. The molecular formula is C16H25NO5S. The highest BCUT2D eigenvalue weighted by Crippen LogP contribution is 2.20. The molecule has 1 rings (SSSR count). The average molecular weight is 343 g/mol. The average Bonchev–Trinajstić information content (AvgIpc) is 2.52. The van der Waals surface area contributed by atoms with Gasteiger partial charge in [0.05, 0.1) is 19.5 Å². The first-order valence-electron chi connectivity index (χ1n) is 7.43. The van der Waals surface area contributed by atoms with E-state index in [0.29, 0.717) is 0 Å². The number of benzene rings is 1. The van der Waals surface area contributed by atoms with Gasteiger partial charge >= 0.3 is 5.97 Å². The molecule has 23 heavy (non-hydrogen) atoms. The van der Waals surface area contributed by atoms with Gasteiger partial charge in [-0.2, -0.15) is 4.31 Å². The first-order valence-corrected chi connectivity index (χ1v) is 9.04. The first kappa shape index (κ1) is 19.6. The fourth-order valence-corrected chi connectivity index (χ4v) is 3.92. The molecule has 0 aliphatic carbocycles. The van der Waals surface area contributed by atoms with Crippen LogP contribution in [0.1, 0.15) is 19.4 Å². The second-order valence-electron chi connectivity index (χ2n) is 5.55. The molecule has 0 N–H and O–H groups in total. The second kappa shape index (κ2) is 9.00. The highest BCUT2D eigenvalue weighted by atomic mass is 32.2. The van der Waals surface area contributed by atoms with Gasteiger partial charge in [0.15, 0.2) is 0 Å². The molecule has 0 aliphatic rings. The third kappa shape index (κ3) is 5.60. The number of sulfonamides is 1. The third-order valence-electron chi connectivity index (χ3n) is 3.47. The Morgan fingerprint density at radius 2 is 1.78 bits per heavy atom. The molecule has 0 fully saturated rings. The van der Waals surface area contributed by atoms with E-state index in [9.17, 15) is 13.2 Å². The summed E-state index contributed by atoms with van der Waals surface area (Å²) in [5.41, 5.74) is 0.808. The predicted molar refractivity (Wildman–Crippen MR) is 88.3 cm³/mol. The third-order valence-corrected chi connectivity index (χ3v) is 5.22. The summed E-state index contributed by atoms with van der Waals surface area (Å²) in [6.07, 6.45) is 0. The molecule has 1 aromatic rings. The lowest BCUT2D eigenvalue weighted by Gasteiger charge is -2.31. The molecule has 0 unspecified atom stereocenters. The molecule has 130 valence electrons. The van der Waals surface area contributed by atoms with Crippen LogP contribution in [-0.4, -0.2) is 51.3 Å².